The molecule has 0 radical (unpaired) electrons. The van der Waals surface area contributed by atoms with E-state index in [0.29, 0.717) is 0 Å². The van der Waals surface area contributed by atoms with Crippen LogP contribution < -0.4 is 10.2 Å². The number of aromatic nitrogens is 1. The lowest BCUT2D eigenvalue weighted by Crippen LogP contribution is -2.28. The SMILES string of the molecule is CCN(CCOC)c1ccncc1CNC. The molecule has 0 saturated heterocycles. The van der Waals surface area contributed by atoms with Gasteiger partial charge in [0, 0.05) is 50.4 Å². The smallest absolute Gasteiger partial charge is 0.0637 e. The molecule has 0 bridgehead atoms. The second kappa shape index (κ2) is 7.19. The van der Waals surface area contributed by atoms with Crippen LogP contribution in [0.15, 0.2) is 18.5 Å². The molecule has 0 saturated carbocycles. The predicted octanol–water partition coefficient (Wildman–Crippen LogP) is 1.27. The van der Waals surface area contributed by atoms with Gasteiger partial charge < -0.3 is 15.0 Å². The van der Waals surface area contributed by atoms with Gasteiger partial charge in [0.05, 0.1) is 6.61 Å². The lowest BCUT2D eigenvalue weighted by molar-refractivity contribution is 0.205. The van der Waals surface area contributed by atoms with E-state index in [0.717, 1.165) is 26.2 Å². The second-order valence-electron chi connectivity index (χ2n) is 3.61. The third-order valence-corrected chi connectivity index (χ3v) is 2.53. The summed E-state index contributed by atoms with van der Waals surface area (Å²) in [6.07, 6.45) is 3.76. The molecule has 1 N–H and O–H groups in total. The topological polar surface area (TPSA) is 37.4 Å². The van der Waals surface area contributed by atoms with Crippen molar-refractivity contribution in [3.05, 3.63) is 24.0 Å². The fourth-order valence-electron chi connectivity index (χ4n) is 1.71. The van der Waals surface area contributed by atoms with Crippen molar-refractivity contribution < 1.29 is 4.74 Å². The molecule has 4 heteroatoms. The van der Waals surface area contributed by atoms with Gasteiger partial charge in [-0.05, 0) is 20.0 Å². The highest BCUT2D eigenvalue weighted by Gasteiger charge is 2.08. The van der Waals surface area contributed by atoms with Gasteiger partial charge in [0.2, 0.25) is 0 Å². The molecule has 0 spiro atoms. The Morgan fingerprint density at radius 2 is 2.31 bits per heavy atom. The van der Waals surface area contributed by atoms with E-state index in [-0.39, 0.29) is 0 Å². The van der Waals surface area contributed by atoms with Crippen LogP contribution in [0.3, 0.4) is 0 Å². The van der Waals surface area contributed by atoms with Gasteiger partial charge in [-0.1, -0.05) is 0 Å². The molecule has 0 aliphatic heterocycles. The van der Waals surface area contributed by atoms with E-state index in [9.17, 15) is 0 Å². The quantitative estimate of drug-likeness (QED) is 0.755. The molecule has 0 unspecified atom stereocenters. The predicted molar refractivity (Wildman–Crippen MR) is 66.8 cm³/mol. The molecule has 0 atom stereocenters. The molecule has 1 heterocycles. The Morgan fingerprint density at radius 1 is 1.50 bits per heavy atom. The molecule has 0 fully saturated rings. The number of hydrogen-bond donors (Lipinski definition) is 1. The zero-order chi connectivity index (χ0) is 11.8. The molecular weight excluding hydrogens is 202 g/mol. The fourth-order valence-corrected chi connectivity index (χ4v) is 1.71. The molecule has 0 amide bonds. The van der Waals surface area contributed by atoms with Gasteiger partial charge in [-0.25, -0.2) is 0 Å². The third kappa shape index (κ3) is 3.47. The lowest BCUT2D eigenvalue weighted by atomic mass is 10.2. The van der Waals surface area contributed by atoms with Crippen molar-refractivity contribution in [3.8, 4) is 0 Å². The van der Waals surface area contributed by atoms with E-state index in [4.69, 9.17) is 4.74 Å². The first-order valence-corrected chi connectivity index (χ1v) is 5.64. The molecule has 4 nitrogen and oxygen atoms in total. The summed E-state index contributed by atoms with van der Waals surface area (Å²) >= 11 is 0. The van der Waals surface area contributed by atoms with Crippen LogP contribution in [0.5, 0.6) is 0 Å². The molecule has 1 aromatic heterocycles. The Hall–Kier alpha value is -1.13. The first kappa shape index (κ1) is 12.9. The van der Waals surface area contributed by atoms with Gasteiger partial charge in [0.25, 0.3) is 0 Å². The van der Waals surface area contributed by atoms with Crippen molar-refractivity contribution in [1.29, 1.82) is 0 Å². The Balaban J connectivity index is 2.81. The third-order valence-electron chi connectivity index (χ3n) is 2.53. The summed E-state index contributed by atoms with van der Waals surface area (Å²) in [5.41, 5.74) is 2.46. The van der Waals surface area contributed by atoms with Crippen LogP contribution in [0.25, 0.3) is 0 Å². The van der Waals surface area contributed by atoms with Crippen molar-refractivity contribution in [1.82, 2.24) is 10.3 Å². The van der Waals surface area contributed by atoms with E-state index < -0.39 is 0 Å². The molecular formula is C12H21N3O. The Morgan fingerprint density at radius 3 is 2.94 bits per heavy atom. The molecule has 0 aliphatic rings. The van der Waals surface area contributed by atoms with Crippen molar-refractivity contribution >= 4 is 5.69 Å². The van der Waals surface area contributed by atoms with E-state index in [1.807, 2.05) is 19.4 Å². The van der Waals surface area contributed by atoms with Gasteiger partial charge in [-0.2, -0.15) is 0 Å². The standard InChI is InChI=1S/C12H21N3O/c1-4-15(7-8-16-3)12-5-6-14-10-11(12)9-13-2/h5-6,10,13H,4,7-9H2,1-3H3. The van der Waals surface area contributed by atoms with Crippen molar-refractivity contribution in [2.24, 2.45) is 0 Å². The van der Waals surface area contributed by atoms with Gasteiger partial charge in [0.15, 0.2) is 0 Å². The summed E-state index contributed by atoms with van der Waals surface area (Å²) in [6.45, 7) is 5.62. The maximum atomic E-state index is 5.12. The molecule has 16 heavy (non-hydrogen) atoms. The van der Waals surface area contributed by atoms with Gasteiger partial charge >= 0.3 is 0 Å². The first-order valence-electron chi connectivity index (χ1n) is 5.64. The summed E-state index contributed by atoms with van der Waals surface area (Å²) in [5.74, 6) is 0. The van der Waals surface area contributed by atoms with E-state index in [1.54, 1.807) is 7.11 Å². The zero-order valence-corrected chi connectivity index (χ0v) is 10.4. The number of nitrogens with zero attached hydrogens (tertiary/aromatic N) is 2. The highest BCUT2D eigenvalue weighted by atomic mass is 16.5. The van der Waals surface area contributed by atoms with Crippen molar-refractivity contribution in [2.75, 3.05) is 38.8 Å². The van der Waals surface area contributed by atoms with Crippen LogP contribution in [-0.4, -0.2) is 38.8 Å². The Kier molecular flexibility index (Phi) is 5.82. The van der Waals surface area contributed by atoms with E-state index in [1.165, 1.54) is 11.3 Å². The van der Waals surface area contributed by atoms with Gasteiger partial charge in [0.1, 0.15) is 0 Å². The summed E-state index contributed by atoms with van der Waals surface area (Å²) in [7, 11) is 3.68. The van der Waals surface area contributed by atoms with Crippen LogP contribution in [-0.2, 0) is 11.3 Å². The lowest BCUT2D eigenvalue weighted by Gasteiger charge is -2.25. The molecule has 1 aromatic rings. The summed E-state index contributed by atoms with van der Waals surface area (Å²) < 4.78 is 5.12. The van der Waals surface area contributed by atoms with E-state index in [2.05, 4.69) is 28.2 Å². The van der Waals surface area contributed by atoms with Crippen LogP contribution in [0.4, 0.5) is 5.69 Å². The number of ether oxygens (including phenoxy) is 1. The minimum Gasteiger partial charge on any atom is -0.383 e. The summed E-state index contributed by atoms with van der Waals surface area (Å²) in [6, 6.07) is 2.06. The average molecular weight is 223 g/mol. The van der Waals surface area contributed by atoms with Crippen LogP contribution >= 0.6 is 0 Å². The zero-order valence-electron chi connectivity index (χ0n) is 10.4. The van der Waals surface area contributed by atoms with Gasteiger partial charge in [-0.3, -0.25) is 4.98 Å². The monoisotopic (exact) mass is 223 g/mol. The maximum Gasteiger partial charge on any atom is 0.0637 e. The minimum atomic E-state index is 0.745. The molecule has 0 aromatic carbocycles. The van der Waals surface area contributed by atoms with Gasteiger partial charge in [-0.15, -0.1) is 0 Å². The molecule has 90 valence electrons. The molecule has 1 rings (SSSR count). The fraction of sp³-hybridized carbons (Fsp3) is 0.583. The maximum absolute atomic E-state index is 5.12. The second-order valence-corrected chi connectivity index (χ2v) is 3.61. The normalized spacial score (nSPS) is 10.4. The van der Waals surface area contributed by atoms with Crippen LogP contribution in [0.1, 0.15) is 12.5 Å². The number of anilines is 1. The van der Waals surface area contributed by atoms with Crippen molar-refractivity contribution in [3.63, 3.8) is 0 Å². The number of likely N-dealkylation sites (N-methyl/N-ethyl adjacent to an activating group) is 1. The summed E-state index contributed by atoms with van der Waals surface area (Å²) in [4.78, 5) is 6.47. The first-order chi connectivity index (χ1) is 7.83. The number of nitrogens with one attached hydrogen (secondary N) is 1. The van der Waals surface area contributed by atoms with Crippen LogP contribution in [0, 0.1) is 0 Å². The van der Waals surface area contributed by atoms with Crippen LogP contribution in [0.2, 0.25) is 0 Å². The Bertz CT molecular complexity index is 304. The summed E-state index contributed by atoms with van der Waals surface area (Å²) in [5, 5.41) is 3.16. The largest absolute Gasteiger partial charge is 0.383 e. The highest BCUT2D eigenvalue weighted by molar-refractivity contribution is 5.52. The Labute approximate surface area is 97.6 Å². The molecule has 0 aliphatic carbocycles. The highest BCUT2D eigenvalue weighted by Crippen LogP contribution is 2.18. The minimum absolute atomic E-state index is 0.745. The number of hydrogen-bond acceptors (Lipinski definition) is 4. The van der Waals surface area contributed by atoms with E-state index >= 15 is 0 Å². The number of methoxy groups -OCH3 is 1. The average Bonchev–Trinajstić information content (AvgIpc) is 2.32. The number of rotatable bonds is 7. The van der Waals surface area contributed by atoms with Crippen molar-refractivity contribution in [2.45, 2.75) is 13.5 Å². The number of pyridine rings is 1.